The van der Waals surface area contributed by atoms with Gasteiger partial charge in [0.25, 0.3) is 0 Å². The molecule has 0 spiro atoms. The minimum atomic E-state index is -0.574. The van der Waals surface area contributed by atoms with Gasteiger partial charge >= 0.3 is 0 Å². The molecule has 2 fully saturated rings. The molecule has 6 nitrogen and oxygen atoms in total. The van der Waals surface area contributed by atoms with E-state index in [2.05, 4.69) is 40.7 Å². The van der Waals surface area contributed by atoms with E-state index in [1.54, 1.807) is 0 Å². The zero-order chi connectivity index (χ0) is 19.1. The van der Waals surface area contributed by atoms with Gasteiger partial charge in [0.1, 0.15) is 12.4 Å². The number of rotatable bonds is 8. The lowest BCUT2D eigenvalue weighted by atomic mass is 9.80. The standard InChI is InChI=1S/C21H33N3O3.HI/c1-3-22-20(24-15-21(25)9-5-10-21)23-13-17-8-7-16(2)12-19(17)27-14-18-6-4-11-26-18;/h7-8,12,18,25H,3-6,9-11,13-15H2,1-2H3,(H2,22,23,24);1H. The van der Waals surface area contributed by atoms with Gasteiger partial charge in [0.15, 0.2) is 5.96 Å². The Morgan fingerprint density at radius 1 is 1.32 bits per heavy atom. The minimum Gasteiger partial charge on any atom is -0.491 e. The molecular weight excluding hydrogens is 469 g/mol. The van der Waals surface area contributed by atoms with Crippen molar-refractivity contribution < 1.29 is 14.6 Å². The monoisotopic (exact) mass is 503 g/mol. The van der Waals surface area contributed by atoms with Gasteiger partial charge < -0.3 is 25.2 Å². The van der Waals surface area contributed by atoms with Crippen LogP contribution in [0.15, 0.2) is 23.2 Å². The Morgan fingerprint density at radius 3 is 2.79 bits per heavy atom. The summed E-state index contributed by atoms with van der Waals surface area (Å²) in [7, 11) is 0. The van der Waals surface area contributed by atoms with Crippen LogP contribution >= 0.6 is 24.0 Å². The Hall–Kier alpha value is -1.06. The maximum absolute atomic E-state index is 10.3. The lowest BCUT2D eigenvalue weighted by Crippen LogP contribution is -2.50. The van der Waals surface area contributed by atoms with Crippen molar-refractivity contribution in [2.75, 3.05) is 26.3 Å². The van der Waals surface area contributed by atoms with E-state index in [9.17, 15) is 5.11 Å². The van der Waals surface area contributed by atoms with Gasteiger partial charge in [-0.25, -0.2) is 4.99 Å². The summed E-state index contributed by atoms with van der Waals surface area (Å²) in [4.78, 5) is 4.69. The zero-order valence-corrected chi connectivity index (χ0v) is 19.3. The quantitative estimate of drug-likeness (QED) is 0.289. The summed E-state index contributed by atoms with van der Waals surface area (Å²) in [5.74, 6) is 1.60. The molecule has 1 aliphatic heterocycles. The average Bonchev–Trinajstić information content (AvgIpc) is 3.15. The van der Waals surface area contributed by atoms with Gasteiger partial charge in [-0.1, -0.05) is 12.1 Å². The highest BCUT2D eigenvalue weighted by Gasteiger charge is 2.34. The summed E-state index contributed by atoms with van der Waals surface area (Å²) in [6.45, 7) is 7.37. The summed E-state index contributed by atoms with van der Waals surface area (Å²) < 4.78 is 11.7. The lowest BCUT2D eigenvalue weighted by Gasteiger charge is -2.37. The van der Waals surface area contributed by atoms with Gasteiger partial charge in [0.2, 0.25) is 0 Å². The van der Waals surface area contributed by atoms with Gasteiger partial charge in [-0.2, -0.15) is 0 Å². The Morgan fingerprint density at radius 2 is 2.14 bits per heavy atom. The number of aryl methyl sites for hydroxylation is 1. The Labute approximate surface area is 185 Å². The van der Waals surface area contributed by atoms with Crippen LogP contribution in [-0.4, -0.2) is 49.1 Å². The number of nitrogens with zero attached hydrogens (tertiary/aromatic N) is 1. The molecule has 0 aromatic heterocycles. The molecule has 3 N–H and O–H groups in total. The van der Waals surface area contributed by atoms with Gasteiger partial charge in [0, 0.05) is 25.3 Å². The fraction of sp³-hybridized carbons (Fsp3) is 0.667. The molecule has 1 aliphatic carbocycles. The second kappa shape index (κ2) is 11.2. The van der Waals surface area contributed by atoms with E-state index >= 15 is 0 Å². The first-order valence-corrected chi connectivity index (χ1v) is 10.2. The highest BCUT2D eigenvalue weighted by Crippen LogP contribution is 2.30. The van der Waals surface area contributed by atoms with Crippen molar-refractivity contribution in [3.63, 3.8) is 0 Å². The summed E-state index contributed by atoms with van der Waals surface area (Å²) in [5.41, 5.74) is 1.65. The van der Waals surface area contributed by atoms with Gasteiger partial charge in [-0.05, 0) is 57.6 Å². The largest absolute Gasteiger partial charge is 0.491 e. The number of nitrogens with one attached hydrogen (secondary N) is 2. The van der Waals surface area contributed by atoms with Crippen molar-refractivity contribution in [2.24, 2.45) is 4.99 Å². The molecule has 158 valence electrons. The molecule has 28 heavy (non-hydrogen) atoms. The third-order valence-electron chi connectivity index (χ3n) is 5.29. The number of aliphatic hydroxyl groups is 1. The molecule has 1 aromatic carbocycles. The summed E-state index contributed by atoms with van der Waals surface area (Å²) in [6, 6.07) is 6.23. The van der Waals surface area contributed by atoms with Crippen molar-refractivity contribution >= 4 is 29.9 Å². The second-order valence-corrected chi connectivity index (χ2v) is 7.68. The molecule has 7 heteroatoms. The molecule has 1 heterocycles. The molecule has 1 saturated heterocycles. The molecule has 2 aliphatic rings. The van der Waals surface area contributed by atoms with Crippen LogP contribution in [0.3, 0.4) is 0 Å². The van der Waals surface area contributed by atoms with Gasteiger partial charge in [-0.3, -0.25) is 0 Å². The van der Waals surface area contributed by atoms with E-state index in [-0.39, 0.29) is 30.1 Å². The molecule has 1 unspecified atom stereocenters. The van der Waals surface area contributed by atoms with E-state index < -0.39 is 5.60 Å². The maximum atomic E-state index is 10.3. The van der Waals surface area contributed by atoms with E-state index in [0.29, 0.717) is 19.7 Å². The van der Waals surface area contributed by atoms with Crippen LogP contribution in [0.25, 0.3) is 0 Å². The smallest absolute Gasteiger partial charge is 0.191 e. The number of hydrogen-bond donors (Lipinski definition) is 3. The maximum Gasteiger partial charge on any atom is 0.191 e. The van der Waals surface area contributed by atoms with Crippen LogP contribution in [0.4, 0.5) is 0 Å². The number of aliphatic imine (C=N–C) groups is 1. The van der Waals surface area contributed by atoms with E-state index in [4.69, 9.17) is 9.47 Å². The first kappa shape index (κ1) is 23.2. The predicted molar refractivity (Wildman–Crippen MR) is 123 cm³/mol. The number of guanidine groups is 1. The average molecular weight is 503 g/mol. The molecule has 0 amide bonds. The fourth-order valence-electron chi connectivity index (χ4n) is 3.40. The number of hydrogen-bond acceptors (Lipinski definition) is 4. The molecule has 0 radical (unpaired) electrons. The topological polar surface area (TPSA) is 75.1 Å². The van der Waals surface area contributed by atoms with Crippen LogP contribution in [0, 0.1) is 6.92 Å². The van der Waals surface area contributed by atoms with Crippen LogP contribution < -0.4 is 15.4 Å². The minimum absolute atomic E-state index is 0. The van der Waals surface area contributed by atoms with Crippen LogP contribution in [0.2, 0.25) is 0 Å². The van der Waals surface area contributed by atoms with E-state index in [1.807, 2.05) is 6.92 Å². The Balaban J connectivity index is 0.00000280. The Kier molecular flexibility index (Phi) is 9.30. The summed E-state index contributed by atoms with van der Waals surface area (Å²) in [6.07, 6.45) is 5.20. The van der Waals surface area contributed by atoms with Crippen molar-refractivity contribution in [1.82, 2.24) is 10.6 Å². The first-order chi connectivity index (χ1) is 13.1. The zero-order valence-electron chi connectivity index (χ0n) is 17.0. The second-order valence-electron chi connectivity index (χ2n) is 7.68. The first-order valence-electron chi connectivity index (χ1n) is 10.2. The predicted octanol–water partition coefficient (Wildman–Crippen LogP) is 3.14. The fourth-order valence-corrected chi connectivity index (χ4v) is 3.40. The number of halogens is 1. The molecule has 1 saturated carbocycles. The molecule has 1 atom stereocenters. The van der Waals surface area contributed by atoms with Crippen molar-refractivity contribution in [2.45, 2.75) is 64.2 Å². The summed E-state index contributed by atoms with van der Waals surface area (Å²) >= 11 is 0. The number of benzene rings is 1. The highest BCUT2D eigenvalue weighted by molar-refractivity contribution is 14.0. The third-order valence-corrected chi connectivity index (χ3v) is 5.29. The SMILES string of the molecule is CCNC(=NCc1ccc(C)cc1OCC1CCCO1)NCC1(O)CCC1.I. The van der Waals surface area contributed by atoms with E-state index in [1.165, 1.54) is 5.56 Å². The lowest BCUT2D eigenvalue weighted by molar-refractivity contribution is -0.0279. The van der Waals surface area contributed by atoms with E-state index in [0.717, 1.165) is 62.5 Å². The van der Waals surface area contributed by atoms with Gasteiger partial charge in [0.05, 0.1) is 18.2 Å². The number of ether oxygens (including phenoxy) is 2. The van der Waals surface area contributed by atoms with Crippen LogP contribution in [0.1, 0.15) is 50.2 Å². The van der Waals surface area contributed by atoms with Crippen molar-refractivity contribution in [3.05, 3.63) is 29.3 Å². The third kappa shape index (κ3) is 6.77. The molecule has 3 rings (SSSR count). The van der Waals surface area contributed by atoms with Crippen LogP contribution in [-0.2, 0) is 11.3 Å². The van der Waals surface area contributed by atoms with Crippen molar-refractivity contribution in [1.29, 1.82) is 0 Å². The normalized spacial score (nSPS) is 20.8. The van der Waals surface area contributed by atoms with Crippen LogP contribution in [0.5, 0.6) is 5.75 Å². The van der Waals surface area contributed by atoms with Crippen molar-refractivity contribution in [3.8, 4) is 5.75 Å². The molecule has 1 aromatic rings. The molecule has 0 bridgehead atoms. The summed E-state index contributed by atoms with van der Waals surface area (Å²) in [5, 5.41) is 16.8. The molecular formula is C21H34IN3O3. The van der Waals surface area contributed by atoms with Gasteiger partial charge in [-0.15, -0.1) is 24.0 Å². The highest BCUT2D eigenvalue weighted by atomic mass is 127. The Bertz CT molecular complexity index is 644.